The molecule has 1 aliphatic heterocycles. The second kappa shape index (κ2) is 6.10. The molecular formula is C14H15N5O2S. The number of rotatable bonds is 4. The summed E-state index contributed by atoms with van der Waals surface area (Å²) in [6.07, 6.45) is 5.24. The van der Waals surface area contributed by atoms with Gasteiger partial charge in [-0.15, -0.1) is 0 Å². The summed E-state index contributed by atoms with van der Waals surface area (Å²) in [4.78, 5) is 34.2. The topological polar surface area (TPSA) is 101 Å². The number of nitrogens with zero attached hydrogens (tertiary/aromatic N) is 3. The van der Waals surface area contributed by atoms with E-state index in [1.807, 2.05) is 0 Å². The molecule has 22 heavy (non-hydrogen) atoms. The molecule has 3 rings (SSSR count). The SMILES string of the molecule is NC(=O)c1cnc(NC(=O)c2cccnc2N2CCCC2)s1. The zero-order valence-electron chi connectivity index (χ0n) is 11.8. The number of carbonyl (C=O) groups excluding carboxylic acids is 2. The second-order valence-electron chi connectivity index (χ2n) is 4.92. The van der Waals surface area contributed by atoms with Gasteiger partial charge in [0.15, 0.2) is 5.13 Å². The van der Waals surface area contributed by atoms with Crippen molar-refractivity contribution in [3.63, 3.8) is 0 Å². The summed E-state index contributed by atoms with van der Waals surface area (Å²) in [6.45, 7) is 1.81. The molecule has 2 amide bonds. The molecule has 0 unspecified atom stereocenters. The highest BCUT2D eigenvalue weighted by molar-refractivity contribution is 7.17. The van der Waals surface area contributed by atoms with Crippen LogP contribution in [-0.2, 0) is 0 Å². The van der Waals surface area contributed by atoms with Crippen molar-refractivity contribution < 1.29 is 9.59 Å². The minimum atomic E-state index is -0.558. The molecule has 1 fully saturated rings. The van der Waals surface area contributed by atoms with Crippen LogP contribution in [0.15, 0.2) is 24.5 Å². The Balaban J connectivity index is 1.81. The first-order chi connectivity index (χ1) is 10.6. The Morgan fingerprint density at radius 1 is 1.27 bits per heavy atom. The third kappa shape index (κ3) is 2.91. The van der Waals surface area contributed by atoms with E-state index in [0.29, 0.717) is 21.4 Å². The van der Waals surface area contributed by atoms with Crippen LogP contribution in [0.1, 0.15) is 32.9 Å². The molecule has 0 saturated carbocycles. The van der Waals surface area contributed by atoms with Gasteiger partial charge in [0, 0.05) is 19.3 Å². The van der Waals surface area contributed by atoms with E-state index in [4.69, 9.17) is 5.73 Å². The van der Waals surface area contributed by atoms with E-state index in [1.54, 1.807) is 18.3 Å². The minimum absolute atomic E-state index is 0.291. The number of primary amides is 1. The quantitative estimate of drug-likeness (QED) is 0.889. The lowest BCUT2D eigenvalue weighted by atomic mass is 10.2. The molecule has 1 saturated heterocycles. The van der Waals surface area contributed by atoms with Crippen molar-refractivity contribution in [1.29, 1.82) is 0 Å². The molecule has 3 heterocycles. The van der Waals surface area contributed by atoms with Crippen LogP contribution in [0.25, 0.3) is 0 Å². The summed E-state index contributed by atoms with van der Waals surface area (Å²) in [5.41, 5.74) is 5.68. The highest BCUT2D eigenvalue weighted by Gasteiger charge is 2.21. The maximum atomic E-state index is 12.4. The van der Waals surface area contributed by atoms with Crippen molar-refractivity contribution in [2.75, 3.05) is 23.3 Å². The van der Waals surface area contributed by atoms with Gasteiger partial charge >= 0.3 is 0 Å². The summed E-state index contributed by atoms with van der Waals surface area (Å²) in [5.74, 6) is -0.165. The fourth-order valence-electron chi connectivity index (χ4n) is 2.37. The number of thiazole rings is 1. The Morgan fingerprint density at radius 3 is 2.73 bits per heavy atom. The average Bonchev–Trinajstić information content (AvgIpc) is 3.18. The van der Waals surface area contributed by atoms with Crippen LogP contribution in [0.2, 0.25) is 0 Å². The number of nitrogens with two attached hydrogens (primary N) is 1. The van der Waals surface area contributed by atoms with Crippen LogP contribution in [0.4, 0.5) is 10.9 Å². The Labute approximate surface area is 131 Å². The number of amides is 2. The molecule has 0 atom stereocenters. The van der Waals surface area contributed by atoms with Gasteiger partial charge in [0.2, 0.25) is 0 Å². The maximum absolute atomic E-state index is 12.4. The van der Waals surface area contributed by atoms with Crippen LogP contribution < -0.4 is 16.0 Å². The number of carbonyl (C=O) groups is 2. The summed E-state index contributed by atoms with van der Waals surface area (Å²) in [5, 5.41) is 3.03. The van der Waals surface area contributed by atoms with Gasteiger partial charge in [-0.05, 0) is 25.0 Å². The summed E-state index contributed by atoms with van der Waals surface area (Å²) >= 11 is 1.05. The van der Waals surface area contributed by atoms with Gasteiger partial charge in [-0.3, -0.25) is 14.9 Å². The predicted molar refractivity (Wildman–Crippen MR) is 84.3 cm³/mol. The monoisotopic (exact) mass is 317 g/mol. The van der Waals surface area contributed by atoms with Crippen molar-refractivity contribution in [2.24, 2.45) is 5.73 Å². The van der Waals surface area contributed by atoms with E-state index < -0.39 is 5.91 Å². The van der Waals surface area contributed by atoms with E-state index in [1.165, 1.54) is 6.20 Å². The Morgan fingerprint density at radius 2 is 2.05 bits per heavy atom. The summed E-state index contributed by atoms with van der Waals surface area (Å²) < 4.78 is 0. The molecule has 8 heteroatoms. The molecule has 0 spiro atoms. The lowest BCUT2D eigenvalue weighted by molar-refractivity contribution is 0.100. The molecule has 3 N–H and O–H groups in total. The lowest BCUT2D eigenvalue weighted by Crippen LogP contribution is -2.24. The lowest BCUT2D eigenvalue weighted by Gasteiger charge is -2.18. The first kappa shape index (κ1) is 14.5. The Kier molecular flexibility index (Phi) is 4.01. The normalized spacial score (nSPS) is 14.1. The minimum Gasteiger partial charge on any atom is -0.365 e. The zero-order valence-corrected chi connectivity index (χ0v) is 12.6. The van der Waals surface area contributed by atoms with Crippen LogP contribution in [-0.4, -0.2) is 34.9 Å². The molecule has 2 aromatic rings. The van der Waals surface area contributed by atoms with Gasteiger partial charge in [-0.25, -0.2) is 9.97 Å². The van der Waals surface area contributed by atoms with Gasteiger partial charge in [0.25, 0.3) is 11.8 Å². The number of hydrogen-bond acceptors (Lipinski definition) is 6. The van der Waals surface area contributed by atoms with Crippen molar-refractivity contribution in [3.05, 3.63) is 35.0 Å². The summed E-state index contributed by atoms with van der Waals surface area (Å²) in [7, 11) is 0. The molecule has 2 aromatic heterocycles. The largest absolute Gasteiger partial charge is 0.365 e. The van der Waals surface area contributed by atoms with Crippen molar-refractivity contribution in [1.82, 2.24) is 9.97 Å². The maximum Gasteiger partial charge on any atom is 0.261 e. The fraction of sp³-hybridized carbons (Fsp3) is 0.286. The third-order valence-corrected chi connectivity index (χ3v) is 4.33. The number of aromatic nitrogens is 2. The van der Waals surface area contributed by atoms with Crippen LogP contribution in [0.5, 0.6) is 0 Å². The standard InChI is InChI=1S/C14H15N5O2S/c15-11(20)10-8-17-14(22-10)18-13(21)9-4-3-5-16-12(9)19-6-1-2-7-19/h3-5,8H,1-2,6-7H2,(H2,15,20)(H,17,18,21). The van der Waals surface area contributed by atoms with Crippen LogP contribution in [0, 0.1) is 0 Å². The van der Waals surface area contributed by atoms with Crippen molar-refractivity contribution in [2.45, 2.75) is 12.8 Å². The van der Waals surface area contributed by atoms with Gasteiger partial charge < -0.3 is 10.6 Å². The fourth-order valence-corrected chi connectivity index (χ4v) is 3.03. The predicted octanol–water partition coefficient (Wildman–Crippen LogP) is 1.49. The van der Waals surface area contributed by atoms with E-state index in [9.17, 15) is 9.59 Å². The van der Waals surface area contributed by atoms with E-state index in [0.717, 1.165) is 37.3 Å². The third-order valence-electron chi connectivity index (χ3n) is 3.41. The molecule has 7 nitrogen and oxygen atoms in total. The van der Waals surface area contributed by atoms with E-state index in [2.05, 4.69) is 20.2 Å². The molecule has 0 aromatic carbocycles. The zero-order chi connectivity index (χ0) is 15.5. The Hall–Kier alpha value is -2.48. The van der Waals surface area contributed by atoms with Crippen molar-refractivity contribution in [3.8, 4) is 0 Å². The molecule has 1 aliphatic rings. The highest BCUT2D eigenvalue weighted by Crippen LogP contribution is 2.24. The summed E-state index contributed by atoms with van der Waals surface area (Å²) in [6, 6.07) is 3.46. The molecule has 0 radical (unpaired) electrons. The van der Waals surface area contributed by atoms with Crippen LogP contribution >= 0.6 is 11.3 Å². The molecular weight excluding hydrogens is 302 g/mol. The first-order valence-electron chi connectivity index (χ1n) is 6.92. The van der Waals surface area contributed by atoms with Crippen LogP contribution in [0.3, 0.4) is 0 Å². The van der Waals surface area contributed by atoms with E-state index in [-0.39, 0.29) is 5.91 Å². The van der Waals surface area contributed by atoms with Gasteiger partial charge in [0.05, 0.1) is 11.8 Å². The van der Waals surface area contributed by atoms with Gasteiger partial charge in [-0.1, -0.05) is 11.3 Å². The molecule has 0 bridgehead atoms. The number of nitrogens with one attached hydrogen (secondary N) is 1. The number of anilines is 2. The first-order valence-corrected chi connectivity index (χ1v) is 7.74. The second-order valence-corrected chi connectivity index (χ2v) is 5.95. The highest BCUT2D eigenvalue weighted by atomic mass is 32.1. The van der Waals surface area contributed by atoms with E-state index >= 15 is 0 Å². The number of hydrogen-bond donors (Lipinski definition) is 2. The number of pyridine rings is 1. The average molecular weight is 317 g/mol. The van der Waals surface area contributed by atoms with Crippen molar-refractivity contribution >= 4 is 34.1 Å². The molecule has 114 valence electrons. The molecule has 0 aliphatic carbocycles. The van der Waals surface area contributed by atoms with Gasteiger partial charge in [-0.2, -0.15) is 0 Å². The van der Waals surface area contributed by atoms with Gasteiger partial charge in [0.1, 0.15) is 10.7 Å². The Bertz CT molecular complexity index is 709. The smallest absolute Gasteiger partial charge is 0.261 e.